The van der Waals surface area contributed by atoms with E-state index in [1.807, 2.05) is 0 Å². The van der Waals surface area contributed by atoms with Crippen molar-refractivity contribution in [3.05, 3.63) is 0 Å². The van der Waals surface area contributed by atoms with E-state index in [0.29, 0.717) is 18.0 Å². The normalized spacial score (nSPS) is 38.5. The average Bonchev–Trinajstić information content (AvgIpc) is 2.01. The lowest BCUT2D eigenvalue weighted by molar-refractivity contribution is 0.109. The Morgan fingerprint density at radius 1 is 1.42 bits per heavy atom. The predicted molar refractivity (Wildman–Crippen MR) is 53.1 cm³/mol. The molecule has 0 saturated carbocycles. The molecule has 0 aromatic rings. The molecule has 1 heterocycles. The third-order valence-electron chi connectivity index (χ3n) is 3.00. The van der Waals surface area contributed by atoms with Crippen molar-refractivity contribution in [1.29, 1.82) is 0 Å². The molecule has 1 fully saturated rings. The maximum absolute atomic E-state index is 6.00. The second-order valence-corrected chi connectivity index (χ2v) is 4.22. The van der Waals surface area contributed by atoms with Crippen molar-refractivity contribution < 1.29 is 0 Å². The molecule has 2 N–H and O–H groups in total. The van der Waals surface area contributed by atoms with Gasteiger partial charge >= 0.3 is 0 Å². The Morgan fingerprint density at radius 2 is 2.08 bits per heavy atom. The lowest BCUT2D eigenvalue weighted by atomic mass is 9.90. The minimum absolute atomic E-state index is 0.424. The Labute approximate surface area is 76.1 Å². The number of hydrogen-bond donors (Lipinski definition) is 1. The van der Waals surface area contributed by atoms with Crippen molar-refractivity contribution in [2.75, 3.05) is 13.1 Å². The first-order valence-electron chi connectivity index (χ1n) is 5.14. The van der Waals surface area contributed by atoms with Crippen LogP contribution in [-0.4, -0.2) is 30.1 Å². The second-order valence-electron chi connectivity index (χ2n) is 4.22. The minimum atomic E-state index is 0.424. The summed E-state index contributed by atoms with van der Waals surface area (Å²) in [6.07, 6.45) is 2.42. The van der Waals surface area contributed by atoms with E-state index in [0.717, 1.165) is 0 Å². The molecule has 0 bridgehead atoms. The van der Waals surface area contributed by atoms with Gasteiger partial charge in [-0.05, 0) is 32.2 Å². The largest absolute Gasteiger partial charge is 0.327 e. The fourth-order valence-corrected chi connectivity index (χ4v) is 2.06. The summed E-state index contributed by atoms with van der Waals surface area (Å²) in [7, 11) is 0. The van der Waals surface area contributed by atoms with Gasteiger partial charge in [0.15, 0.2) is 0 Å². The summed E-state index contributed by atoms with van der Waals surface area (Å²) in [6, 6.07) is 1.12. The first-order chi connectivity index (χ1) is 5.65. The summed E-state index contributed by atoms with van der Waals surface area (Å²) in [5, 5.41) is 0. The molecule has 3 atom stereocenters. The molecule has 0 amide bonds. The summed E-state index contributed by atoms with van der Waals surface area (Å²) >= 11 is 0. The first-order valence-corrected chi connectivity index (χ1v) is 5.14. The van der Waals surface area contributed by atoms with E-state index in [4.69, 9.17) is 5.73 Å². The van der Waals surface area contributed by atoms with Crippen LogP contribution in [0.15, 0.2) is 0 Å². The summed E-state index contributed by atoms with van der Waals surface area (Å²) in [5.74, 6) is 0.674. The van der Waals surface area contributed by atoms with Crippen molar-refractivity contribution in [1.82, 2.24) is 4.90 Å². The van der Waals surface area contributed by atoms with Gasteiger partial charge in [0.05, 0.1) is 0 Å². The summed E-state index contributed by atoms with van der Waals surface area (Å²) < 4.78 is 0. The van der Waals surface area contributed by atoms with E-state index in [9.17, 15) is 0 Å². The Balaban J connectivity index is 2.43. The average molecular weight is 170 g/mol. The number of piperidine rings is 1. The standard InChI is InChI=1S/C10H22N2/c1-4-5-12-7-8(2)10(11)6-9(12)3/h8-10H,4-7,11H2,1-3H3. The van der Waals surface area contributed by atoms with Gasteiger partial charge in [0.25, 0.3) is 0 Å². The highest BCUT2D eigenvalue weighted by Crippen LogP contribution is 2.20. The van der Waals surface area contributed by atoms with Crippen molar-refractivity contribution in [2.45, 2.75) is 45.7 Å². The van der Waals surface area contributed by atoms with Crippen LogP contribution in [0.5, 0.6) is 0 Å². The predicted octanol–water partition coefficient (Wildman–Crippen LogP) is 1.45. The lowest BCUT2D eigenvalue weighted by Crippen LogP contribution is -2.50. The van der Waals surface area contributed by atoms with Crippen LogP contribution in [0.2, 0.25) is 0 Å². The number of likely N-dealkylation sites (tertiary alicyclic amines) is 1. The molecule has 0 aromatic heterocycles. The minimum Gasteiger partial charge on any atom is -0.327 e. The highest BCUT2D eigenvalue weighted by molar-refractivity contribution is 4.84. The van der Waals surface area contributed by atoms with Crippen LogP contribution in [0.25, 0.3) is 0 Å². The second kappa shape index (κ2) is 4.24. The SMILES string of the molecule is CCCN1CC(C)C(N)CC1C. The van der Waals surface area contributed by atoms with E-state index in [2.05, 4.69) is 25.7 Å². The van der Waals surface area contributed by atoms with Crippen molar-refractivity contribution in [2.24, 2.45) is 11.7 Å². The Kier molecular flexibility index (Phi) is 3.53. The lowest BCUT2D eigenvalue weighted by Gasteiger charge is -2.40. The van der Waals surface area contributed by atoms with Crippen molar-refractivity contribution >= 4 is 0 Å². The van der Waals surface area contributed by atoms with Gasteiger partial charge in [-0.2, -0.15) is 0 Å². The number of rotatable bonds is 2. The quantitative estimate of drug-likeness (QED) is 0.679. The molecule has 1 rings (SSSR count). The number of hydrogen-bond acceptors (Lipinski definition) is 2. The molecular formula is C10H22N2. The van der Waals surface area contributed by atoms with Crippen LogP contribution in [0.1, 0.15) is 33.6 Å². The highest BCUT2D eigenvalue weighted by atomic mass is 15.2. The molecule has 72 valence electrons. The fourth-order valence-electron chi connectivity index (χ4n) is 2.06. The van der Waals surface area contributed by atoms with Gasteiger partial charge in [0.1, 0.15) is 0 Å². The molecule has 0 radical (unpaired) electrons. The number of nitrogens with two attached hydrogens (primary N) is 1. The maximum atomic E-state index is 6.00. The zero-order valence-electron chi connectivity index (χ0n) is 8.59. The number of nitrogens with zero attached hydrogens (tertiary/aromatic N) is 1. The molecule has 0 aromatic carbocycles. The zero-order valence-corrected chi connectivity index (χ0v) is 8.59. The Morgan fingerprint density at radius 3 is 2.67 bits per heavy atom. The van der Waals surface area contributed by atoms with Crippen LogP contribution in [0.4, 0.5) is 0 Å². The van der Waals surface area contributed by atoms with Gasteiger partial charge in [-0.15, -0.1) is 0 Å². The summed E-state index contributed by atoms with van der Waals surface area (Å²) in [4.78, 5) is 2.56. The zero-order chi connectivity index (χ0) is 9.14. The topological polar surface area (TPSA) is 29.3 Å². The maximum Gasteiger partial charge on any atom is 0.00915 e. The molecule has 1 aliphatic heterocycles. The van der Waals surface area contributed by atoms with E-state index >= 15 is 0 Å². The molecule has 3 unspecified atom stereocenters. The summed E-state index contributed by atoms with van der Waals surface area (Å²) in [6.45, 7) is 9.22. The first kappa shape index (κ1) is 10.0. The molecule has 1 aliphatic rings. The van der Waals surface area contributed by atoms with Crippen molar-refractivity contribution in [3.8, 4) is 0 Å². The fraction of sp³-hybridized carbons (Fsp3) is 1.00. The van der Waals surface area contributed by atoms with Gasteiger partial charge in [-0.3, -0.25) is 0 Å². The van der Waals surface area contributed by atoms with Gasteiger partial charge in [-0.25, -0.2) is 0 Å². The van der Waals surface area contributed by atoms with E-state index in [-0.39, 0.29) is 0 Å². The van der Waals surface area contributed by atoms with E-state index in [1.165, 1.54) is 25.9 Å². The molecule has 1 saturated heterocycles. The van der Waals surface area contributed by atoms with Crippen LogP contribution in [0.3, 0.4) is 0 Å². The van der Waals surface area contributed by atoms with Gasteiger partial charge in [-0.1, -0.05) is 13.8 Å². The van der Waals surface area contributed by atoms with E-state index in [1.54, 1.807) is 0 Å². The molecular weight excluding hydrogens is 148 g/mol. The molecule has 0 aliphatic carbocycles. The summed E-state index contributed by atoms with van der Waals surface area (Å²) in [5.41, 5.74) is 6.00. The Bertz CT molecular complexity index is 136. The third kappa shape index (κ3) is 2.20. The van der Waals surface area contributed by atoms with Gasteiger partial charge in [0.2, 0.25) is 0 Å². The smallest absolute Gasteiger partial charge is 0.00915 e. The van der Waals surface area contributed by atoms with Crippen molar-refractivity contribution in [3.63, 3.8) is 0 Å². The molecule has 2 heteroatoms. The van der Waals surface area contributed by atoms with Gasteiger partial charge < -0.3 is 10.6 Å². The van der Waals surface area contributed by atoms with E-state index < -0.39 is 0 Å². The van der Waals surface area contributed by atoms with Crippen LogP contribution in [-0.2, 0) is 0 Å². The monoisotopic (exact) mass is 170 g/mol. The molecule has 2 nitrogen and oxygen atoms in total. The van der Waals surface area contributed by atoms with Crippen LogP contribution in [0, 0.1) is 5.92 Å². The third-order valence-corrected chi connectivity index (χ3v) is 3.00. The Hall–Kier alpha value is -0.0800. The van der Waals surface area contributed by atoms with Crippen LogP contribution >= 0.6 is 0 Å². The molecule has 0 spiro atoms. The van der Waals surface area contributed by atoms with Gasteiger partial charge in [0, 0.05) is 18.6 Å². The molecule has 12 heavy (non-hydrogen) atoms. The van der Waals surface area contributed by atoms with Crippen LogP contribution < -0.4 is 5.73 Å². The highest BCUT2D eigenvalue weighted by Gasteiger charge is 2.27.